The van der Waals surface area contributed by atoms with Crippen LogP contribution in [0.1, 0.15) is 27.1 Å². The highest BCUT2D eigenvalue weighted by molar-refractivity contribution is 7.16. The molecule has 114 valence electrons. The molecule has 1 aromatic carbocycles. The fourth-order valence-electron chi connectivity index (χ4n) is 2.04. The molecule has 0 spiro atoms. The summed E-state index contributed by atoms with van der Waals surface area (Å²) in [6.45, 7) is 7.70. The zero-order valence-electron chi connectivity index (χ0n) is 13.1. The number of nitrogens with one attached hydrogen (secondary N) is 1. The molecule has 4 nitrogen and oxygen atoms in total. The smallest absolute Gasteiger partial charge is 0.262 e. The fourth-order valence-corrected chi connectivity index (χ4v) is 3.06. The average molecular weight is 314 g/mol. The van der Waals surface area contributed by atoms with Crippen molar-refractivity contribution >= 4 is 22.2 Å². The number of thiophene rings is 1. The molecule has 0 aliphatic carbocycles. The van der Waals surface area contributed by atoms with Crippen LogP contribution in [0.2, 0.25) is 0 Å². The molecule has 2 rings (SSSR count). The topological polar surface area (TPSA) is 62.1 Å². The molecule has 5 heteroatoms. The van der Waals surface area contributed by atoms with Gasteiger partial charge in [-0.05, 0) is 50.5 Å². The van der Waals surface area contributed by atoms with Crippen LogP contribution >= 0.6 is 11.3 Å². The molecule has 0 radical (unpaired) electrons. The van der Waals surface area contributed by atoms with Crippen LogP contribution in [0.5, 0.6) is 5.75 Å². The summed E-state index contributed by atoms with van der Waals surface area (Å²) in [6, 6.07) is 7.88. The molecule has 1 N–H and O–H groups in total. The number of rotatable bonds is 4. The van der Waals surface area contributed by atoms with Gasteiger partial charge in [0.25, 0.3) is 5.91 Å². The van der Waals surface area contributed by atoms with Gasteiger partial charge < -0.3 is 10.1 Å². The summed E-state index contributed by atoms with van der Waals surface area (Å²) < 4.78 is 5.57. The Morgan fingerprint density at radius 3 is 2.68 bits per heavy atom. The first kappa shape index (κ1) is 16.1. The Labute approximate surface area is 134 Å². The molecular formula is C17H18N2O2S. The molecule has 0 atom stereocenters. The molecule has 0 bridgehead atoms. The second-order valence-electron chi connectivity index (χ2n) is 5.13. The molecule has 1 amide bonds. The number of aryl methyl sites for hydroxylation is 2. The summed E-state index contributed by atoms with van der Waals surface area (Å²) in [5.74, 6) is 0.438. The van der Waals surface area contributed by atoms with Crippen molar-refractivity contribution in [3.8, 4) is 11.8 Å². The third kappa shape index (κ3) is 3.29. The van der Waals surface area contributed by atoms with Crippen LogP contribution in [-0.4, -0.2) is 12.5 Å². The van der Waals surface area contributed by atoms with Crippen LogP contribution < -0.4 is 10.1 Å². The van der Waals surface area contributed by atoms with Gasteiger partial charge in [0.2, 0.25) is 0 Å². The maximum Gasteiger partial charge on any atom is 0.262 e. The molecule has 0 aliphatic rings. The van der Waals surface area contributed by atoms with Crippen molar-refractivity contribution in [3.05, 3.63) is 45.3 Å². The van der Waals surface area contributed by atoms with Gasteiger partial charge in [-0.3, -0.25) is 4.79 Å². The minimum Gasteiger partial charge on any atom is -0.483 e. The lowest BCUT2D eigenvalue weighted by atomic mass is 10.1. The number of carbonyl (C=O) groups is 1. The van der Waals surface area contributed by atoms with Crippen molar-refractivity contribution in [3.63, 3.8) is 0 Å². The predicted octanol–water partition coefficient (Wildman–Crippen LogP) is 3.87. The van der Waals surface area contributed by atoms with Gasteiger partial charge in [0.05, 0.1) is 5.56 Å². The quantitative estimate of drug-likeness (QED) is 0.931. The SMILES string of the molecule is Cc1cccc(OCC(=O)Nc2sc(C)c(C)c2C#N)c1C. The Morgan fingerprint density at radius 1 is 1.27 bits per heavy atom. The van der Waals surface area contributed by atoms with E-state index >= 15 is 0 Å². The zero-order chi connectivity index (χ0) is 16.3. The van der Waals surface area contributed by atoms with Gasteiger partial charge in [-0.1, -0.05) is 12.1 Å². The highest BCUT2D eigenvalue weighted by Crippen LogP contribution is 2.31. The molecule has 1 heterocycles. The summed E-state index contributed by atoms with van der Waals surface area (Å²) in [5.41, 5.74) is 3.59. The zero-order valence-corrected chi connectivity index (χ0v) is 13.9. The normalized spacial score (nSPS) is 10.1. The Bertz CT molecular complexity index is 757. The van der Waals surface area contributed by atoms with Gasteiger partial charge in [0, 0.05) is 4.88 Å². The van der Waals surface area contributed by atoms with E-state index < -0.39 is 0 Å². The molecule has 0 saturated heterocycles. The van der Waals surface area contributed by atoms with Crippen molar-refractivity contribution < 1.29 is 9.53 Å². The van der Waals surface area contributed by atoms with Crippen molar-refractivity contribution in [1.82, 2.24) is 0 Å². The monoisotopic (exact) mass is 314 g/mol. The first-order valence-corrected chi connectivity index (χ1v) is 7.74. The van der Waals surface area contributed by atoms with E-state index in [2.05, 4.69) is 11.4 Å². The minimum atomic E-state index is -0.265. The van der Waals surface area contributed by atoms with E-state index in [-0.39, 0.29) is 12.5 Å². The second kappa shape index (κ2) is 6.63. The third-order valence-electron chi connectivity index (χ3n) is 3.66. The molecule has 1 aromatic heterocycles. The molecule has 22 heavy (non-hydrogen) atoms. The van der Waals surface area contributed by atoms with E-state index in [4.69, 9.17) is 4.74 Å². The first-order chi connectivity index (χ1) is 10.4. The van der Waals surface area contributed by atoms with Gasteiger partial charge in [0.1, 0.15) is 16.8 Å². The van der Waals surface area contributed by atoms with E-state index in [9.17, 15) is 10.1 Å². The number of benzene rings is 1. The number of carbonyl (C=O) groups excluding carboxylic acids is 1. The Balaban J connectivity index is 2.04. The maximum absolute atomic E-state index is 12.0. The maximum atomic E-state index is 12.0. The van der Waals surface area contributed by atoms with Crippen LogP contribution in [0.3, 0.4) is 0 Å². The van der Waals surface area contributed by atoms with Crippen LogP contribution in [0.25, 0.3) is 0 Å². The Kier molecular flexibility index (Phi) is 4.84. The van der Waals surface area contributed by atoms with Crippen molar-refractivity contribution in [2.24, 2.45) is 0 Å². The number of nitrogens with zero attached hydrogens (tertiary/aromatic N) is 1. The van der Waals surface area contributed by atoms with Gasteiger partial charge in [-0.25, -0.2) is 0 Å². The standard InChI is InChI=1S/C17H18N2O2S/c1-10-6-5-7-15(11(10)2)21-9-16(20)19-17-14(8-18)12(3)13(4)22-17/h5-7H,9H2,1-4H3,(H,19,20). The van der Waals surface area contributed by atoms with E-state index in [1.54, 1.807) is 0 Å². The number of anilines is 1. The molecular weight excluding hydrogens is 296 g/mol. The van der Waals surface area contributed by atoms with Crippen LogP contribution in [0.4, 0.5) is 5.00 Å². The van der Waals surface area contributed by atoms with E-state index in [0.717, 1.165) is 21.6 Å². The number of hydrogen-bond donors (Lipinski definition) is 1. The number of amides is 1. The number of nitriles is 1. The summed E-state index contributed by atoms with van der Waals surface area (Å²) >= 11 is 1.41. The Morgan fingerprint density at radius 2 is 2.00 bits per heavy atom. The van der Waals surface area contributed by atoms with Gasteiger partial charge in [0.15, 0.2) is 6.61 Å². The lowest BCUT2D eigenvalue weighted by Crippen LogP contribution is -2.20. The molecule has 0 saturated carbocycles. The minimum absolute atomic E-state index is 0.0782. The predicted molar refractivity (Wildman–Crippen MR) is 88.5 cm³/mol. The van der Waals surface area contributed by atoms with Crippen LogP contribution in [0.15, 0.2) is 18.2 Å². The molecule has 0 fully saturated rings. The first-order valence-electron chi connectivity index (χ1n) is 6.93. The van der Waals surface area contributed by atoms with Crippen LogP contribution in [-0.2, 0) is 4.79 Å². The largest absolute Gasteiger partial charge is 0.483 e. The fraction of sp³-hybridized carbons (Fsp3) is 0.294. The van der Waals surface area contributed by atoms with Crippen molar-refractivity contribution in [2.75, 3.05) is 11.9 Å². The molecule has 0 aliphatic heterocycles. The highest BCUT2D eigenvalue weighted by Gasteiger charge is 2.15. The highest BCUT2D eigenvalue weighted by atomic mass is 32.1. The summed E-state index contributed by atoms with van der Waals surface area (Å²) in [6.07, 6.45) is 0. The second-order valence-corrected chi connectivity index (χ2v) is 6.36. The summed E-state index contributed by atoms with van der Waals surface area (Å²) in [7, 11) is 0. The van der Waals surface area contributed by atoms with Gasteiger partial charge >= 0.3 is 0 Å². The summed E-state index contributed by atoms with van der Waals surface area (Å²) in [5, 5.41) is 12.5. The van der Waals surface area contributed by atoms with Gasteiger partial charge in [-0.15, -0.1) is 11.3 Å². The van der Waals surface area contributed by atoms with E-state index in [0.29, 0.717) is 16.3 Å². The van der Waals surface area contributed by atoms with Crippen molar-refractivity contribution in [1.29, 1.82) is 5.26 Å². The van der Waals surface area contributed by atoms with E-state index in [1.165, 1.54) is 11.3 Å². The number of ether oxygens (including phenoxy) is 1. The molecule has 0 unspecified atom stereocenters. The summed E-state index contributed by atoms with van der Waals surface area (Å²) in [4.78, 5) is 13.1. The average Bonchev–Trinajstić information content (AvgIpc) is 2.74. The van der Waals surface area contributed by atoms with Gasteiger partial charge in [-0.2, -0.15) is 5.26 Å². The van der Waals surface area contributed by atoms with Crippen molar-refractivity contribution in [2.45, 2.75) is 27.7 Å². The Hall–Kier alpha value is -2.32. The third-order valence-corrected chi connectivity index (χ3v) is 4.79. The van der Waals surface area contributed by atoms with Crippen LogP contribution in [0, 0.1) is 39.0 Å². The number of hydrogen-bond acceptors (Lipinski definition) is 4. The van der Waals surface area contributed by atoms with E-state index in [1.807, 2.05) is 45.9 Å². The lowest BCUT2D eigenvalue weighted by molar-refractivity contribution is -0.118. The lowest BCUT2D eigenvalue weighted by Gasteiger charge is -2.10. The molecule has 2 aromatic rings.